The Balaban J connectivity index is 1.81. The van der Waals surface area contributed by atoms with E-state index in [-0.39, 0.29) is 53.5 Å². The van der Waals surface area contributed by atoms with Gasteiger partial charge in [-0.3, -0.25) is 9.69 Å². The average molecular weight is 626 g/mol. The number of ether oxygens (including phenoxy) is 2. The number of aromatic nitrogens is 2. The van der Waals surface area contributed by atoms with Crippen LogP contribution in [0.2, 0.25) is 0 Å². The minimum Gasteiger partial charge on any atom is -0.481 e. The van der Waals surface area contributed by atoms with Crippen LogP contribution in [0.25, 0.3) is 0 Å². The zero-order valence-corrected chi connectivity index (χ0v) is 23.8. The molecule has 2 amide bonds. The zero-order chi connectivity index (χ0) is 32.4. The van der Waals surface area contributed by atoms with Crippen LogP contribution in [0, 0.1) is 0 Å². The second kappa shape index (κ2) is 12.6. The molecule has 9 nitrogen and oxygen atoms in total. The number of carbonyl (C=O) groups excluding carboxylic acids is 2. The van der Waals surface area contributed by atoms with Crippen molar-refractivity contribution >= 4 is 23.5 Å². The van der Waals surface area contributed by atoms with Gasteiger partial charge >= 0.3 is 18.4 Å². The first-order valence-electron chi connectivity index (χ1n) is 13.5. The Labute approximate surface area is 248 Å². The van der Waals surface area contributed by atoms with E-state index in [0.29, 0.717) is 29.9 Å². The van der Waals surface area contributed by atoms with Crippen LogP contribution in [0.3, 0.4) is 0 Å². The number of pyridine rings is 2. The van der Waals surface area contributed by atoms with E-state index in [0.717, 1.165) is 6.20 Å². The van der Waals surface area contributed by atoms with Gasteiger partial charge in [-0.1, -0.05) is 6.92 Å². The maximum atomic E-state index is 13.5. The first kappa shape index (κ1) is 32.4. The van der Waals surface area contributed by atoms with Gasteiger partial charge in [-0.25, -0.2) is 14.8 Å². The van der Waals surface area contributed by atoms with E-state index in [1.807, 2.05) is 6.92 Å². The maximum absolute atomic E-state index is 13.5. The predicted octanol–water partition coefficient (Wildman–Crippen LogP) is 6.51. The minimum atomic E-state index is -5.04. The molecule has 2 aromatic heterocycles. The van der Waals surface area contributed by atoms with Gasteiger partial charge in [-0.2, -0.15) is 26.3 Å². The molecule has 1 aliphatic rings. The highest BCUT2D eigenvalue weighted by Gasteiger charge is 2.39. The lowest BCUT2D eigenvalue weighted by molar-refractivity contribution is -0.143. The third-order valence-corrected chi connectivity index (χ3v) is 7.09. The van der Waals surface area contributed by atoms with Gasteiger partial charge in [0.25, 0.3) is 0 Å². The van der Waals surface area contributed by atoms with Gasteiger partial charge in [-0.15, -0.1) is 0 Å². The van der Waals surface area contributed by atoms with Crippen LogP contribution in [0.15, 0.2) is 42.6 Å². The van der Waals surface area contributed by atoms with Crippen molar-refractivity contribution in [3.05, 3.63) is 76.1 Å². The summed E-state index contributed by atoms with van der Waals surface area (Å²) in [7, 11) is 1.41. The Bertz CT molecular complexity index is 1510. The standard InChI is InChI=1S/C29H29F6N5O4/c1-4-20-13-21(24-22(6-7-23(39-24)43-3)40(20)27(42)44-5-2)38-26-16(11-17(14-37-26)25(36)41)8-15-9-18(28(30,31)32)12-19(10-15)29(33,34)35/h6-7,9-12,14,20-21H,4-5,8,13H2,1-3H3,(H2,36,41)(H,37,38). The summed E-state index contributed by atoms with van der Waals surface area (Å²) in [5.74, 6) is -0.591. The van der Waals surface area contributed by atoms with Gasteiger partial charge in [0.05, 0.1) is 47.8 Å². The van der Waals surface area contributed by atoms with E-state index >= 15 is 0 Å². The number of hydrogen-bond acceptors (Lipinski definition) is 7. The average Bonchev–Trinajstić information content (AvgIpc) is 2.96. The number of primary amides is 1. The van der Waals surface area contributed by atoms with Crippen LogP contribution in [-0.4, -0.2) is 41.7 Å². The largest absolute Gasteiger partial charge is 0.481 e. The Hall–Kier alpha value is -4.56. The number of alkyl halides is 6. The quantitative estimate of drug-likeness (QED) is 0.274. The summed E-state index contributed by atoms with van der Waals surface area (Å²) in [6, 6.07) is 4.71. The Morgan fingerprint density at radius 2 is 1.70 bits per heavy atom. The second-order valence-electron chi connectivity index (χ2n) is 10.0. The lowest BCUT2D eigenvalue weighted by atomic mass is 9.93. The molecule has 2 unspecified atom stereocenters. The van der Waals surface area contributed by atoms with E-state index in [1.165, 1.54) is 18.1 Å². The normalized spacial score (nSPS) is 16.7. The fourth-order valence-corrected chi connectivity index (χ4v) is 5.04. The van der Waals surface area contributed by atoms with Crippen molar-refractivity contribution in [1.82, 2.24) is 9.97 Å². The van der Waals surface area contributed by atoms with Crippen molar-refractivity contribution < 1.29 is 45.4 Å². The summed E-state index contributed by atoms with van der Waals surface area (Å²) >= 11 is 0. The fraction of sp³-hybridized carbons (Fsp3) is 0.379. The van der Waals surface area contributed by atoms with E-state index in [4.69, 9.17) is 15.2 Å². The van der Waals surface area contributed by atoms with Gasteiger partial charge in [0.15, 0.2) is 0 Å². The van der Waals surface area contributed by atoms with E-state index < -0.39 is 47.9 Å². The van der Waals surface area contributed by atoms with Gasteiger partial charge in [0.1, 0.15) is 5.82 Å². The molecule has 44 heavy (non-hydrogen) atoms. The van der Waals surface area contributed by atoms with Gasteiger partial charge in [-0.05, 0) is 61.2 Å². The molecule has 0 radical (unpaired) electrons. The maximum Gasteiger partial charge on any atom is 0.416 e. The number of nitrogens with two attached hydrogens (primary N) is 1. The Morgan fingerprint density at radius 3 is 2.25 bits per heavy atom. The third kappa shape index (κ3) is 6.97. The molecule has 1 aliphatic heterocycles. The minimum absolute atomic E-state index is 0.0406. The second-order valence-corrected chi connectivity index (χ2v) is 10.0. The number of fused-ring (bicyclic) bond motifs is 1. The van der Waals surface area contributed by atoms with Crippen LogP contribution in [0.4, 0.5) is 42.6 Å². The molecule has 0 saturated carbocycles. The number of benzene rings is 1. The highest BCUT2D eigenvalue weighted by atomic mass is 19.4. The van der Waals surface area contributed by atoms with Crippen LogP contribution < -0.4 is 20.7 Å². The van der Waals surface area contributed by atoms with Crippen LogP contribution in [0.5, 0.6) is 5.88 Å². The van der Waals surface area contributed by atoms with Crippen molar-refractivity contribution in [3.63, 3.8) is 0 Å². The molecular weight excluding hydrogens is 596 g/mol. The van der Waals surface area contributed by atoms with Crippen molar-refractivity contribution in [2.45, 2.75) is 57.5 Å². The third-order valence-electron chi connectivity index (χ3n) is 7.09. The van der Waals surface area contributed by atoms with Crippen molar-refractivity contribution in [3.8, 4) is 5.88 Å². The van der Waals surface area contributed by atoms with Crippen molar-refractivity contribution in [2.75, 3.05) is 23.9 Å². The summed E-state index contributed by atoms with van der Waals surface area (Å²) in [6.45, 7) is 3.68. The topological polar surface area (TPSA) is 120 Å². The number of carbonyl (C=O) groups is 2. The molecule has 0 aliphatic carbocycles. The molecule has 0 bridgehead atoms. The molecule has 0 spiro atoms. The number of rotatable bonds is 8. The number of nitrogens with one attached hydrogen (secondary N) is 1. The summed E-state index contributed by atoms with van der Waals surface area (Å²) < 4.78 is 91.7. The van der Waals surface area contributed by atoms with E-state index in [1.54, 1.807) is 19.1 Å². The SMILES string of the molecule is CCOC(=O)N1c2ccc(OC)nc2C(Nc2ncc(C(N)=O)cc2Cc2cc(C(F)(F)F)cc(C(F)(F)F)c2)CC1CC. The number of hydrogen-bond donors (Lipinski definition) is 2. The number of nitrogens with zero attached hydrogens (tertiary/aromatic N) is 3. The predicted molar refractivity (Wildman–Crippen MR) is 147 cm³/mol. The van der Waals surface area contributed by atoms with Gasteiger partial charge < -0.3 is 20.5 Å². The summed E-state index contributed by atoms with van der Waals surface area (Å²) in [5, 5.41) is 3.18. The molecule has 2 atom stereocenters. The molecule has 1 aromatic carbocycles. The number of halogens is 6. The summed E-state index contributed by atoms with van der Waals surface area (Å²) in [5.41, 5.74) is 2.93. The van der Waals surface area contributed by atoms with Crippen LogP contribution in [-0.2, 0) is 23.5 Å². The summed E-state index contributed by atoms with van der Waals surface area (Å²) in [4.78, 5) is 35.1. The first-order chi connectivity index (χ1) is 20.7. The zero-order valence-electron chi connectivity index (χ0n) is 23.8. The molecule has 236 valence electrons. The number of amides is 2. The molecule has 3 N–H and O–H groups in total. The molecule has 3 aromatic rings. The molecule has 3 heterocycles. The Morgan fingerprint density at radius 1 is 1.05 bits per heavy atom. The highest BCUT2D eigenvalue weighted by molar-refractivity contribution is 5.93. The van der Waals surface area contributed by atoms with Crippen molar-refractivity contribution in [2.24, 2.45) is 5.73 Å². The number of anilines is 2. The molecule has 15 heteroatoms. The fourth-order valence-electron chi connectivity index (χ4n) is 5.04. The number of methoxy groups -OCH3 is 1. The van der Waals surface area contributed by atoms with Gasteiger partial charge in [0.2, 0.25) is 11.8 Å². The molecule has 0 saturated heterocycles. The smallest absolute Gasteiger partial charge is 0.416 e. The molecular formula is C29H29F6N5O4. The molecule has 4 rings (SSSR count). The lowest BCUT2D eigenvalue weighted by Crippen LogP contribution is -2.46. The highest BCUT2D eigenvalue weighted by Crippen LogP contribution is 2.41. The van der Waals surface area contributed by atoms with Crippen LogP contribution >= 0.6 is 0 Å². The Kier molecular flexibility index (Phi) is 9.25. The monoisotopic (exact) mass is 625 g/mol. The lowest BCUT2D eigenvalue weighted by Gasteiger charge is -2.39. The van der Waals surface area contributed by atoms with Crippen molar-refractivity contribution in [1.29, 1.82) is 0 Å². The van der Waals surface area contributed by atoms with E-state index in [2.05, 4.69) is 15.3 Å². The molecule has 0 fully saturated rings. The van der Waals surface area contributed by atoms with Crippen LogP contribution in [0.1, 0.15) is 71.0 Å². The first-order valence-corrected chi connectivity index (χ1v) is 13.5. The summed E-state index contributed by atoms with van der Waals surface area (Å²) in [6.07, 6.45) is -9.19. The van der Waals surface area contributed by atoms with Gasteiger partial charge in [0, 0.05) is 24.7 Å². The van der Waals surface area contributed by atoms with E-state index in [9.17, 15) is 35.9 Å².